The third-order valence-corrected chi connectivity index (χ3v) is 4.38. The number of nitrogens with two attached hydrogens (primary N) is 1. The van der Waals surface area contributed by atoms with Gasteiger partial charge in [-0.05, 0) is 30.7 Å². The van der Waals surface area contributed by atoms with E-state index < -0.39 is 0 Å². The lowest BCUT2D eigenvalue weighted by Gasteiger charge is -2.21. The van der Waals surface area contributed by atoms with Crippen LogP contribution in [-0.4, -0.2) is 59.4 Å². The highest BCUT2D eigenvalue weighted by Gasteiger charge is 2.17. The van der Waals surface area contributed by atoms with E-state index in [0.29, 0.717) is 18.5 Å². The van der Waals surface area contributed by atoms with Crippen LogP contribution in [-0.2, 0) is 0 Å². The van der Waals surface area contributed by atoms with Crippen LogP contribution in [0.15, 0.2) is 28.7 Å². The predicted molar refractivity (Wildman–Crippen MR) is 93.7 cm³/mol. The average Bonchev–Trinajstić information content (AvgIpc) is 2.84. The smallest absolute Gasteiger partial charge is 0.246 e. The first-order chi connectivity index (χ1) is 11.2. The van der Waals surface area contributed by atoms with Crippen LogP contribution in [0.2, 0.25) is 0 Å². The molecular formula is C15H21BrN6O. The molecule has 1 aromatic carbocycles. The summed E-state index contributed by atoms with van der Waals surface area (Å²) < 4.78 is 6.86. The quantitative estimate of drug-likeness (QED) is 0.821. The Balaban J connectivity index is 1.44. The number of hydrogen-bond acceptors (Lipinski definition) is 6. The molecule has 2 heterocycles. The van der Waals surface area contributed by atoms with E-state index in [1.807, 2.05) is 24.3 Å². The molecule has 124 valence electrons. The Kier molecular flexibility index (Phi) is 5.35. The molecule has 1 aliphatic heterocycles. The molecule has 7 nitrogen and oxygen atoms in total. The van der Waals surface area contributed by atoms with Crippen LogP contribution in [0.5, 0.6) is 5.75 Å². The molecule has 0 radical (unpaired) electrons. The lowest BCUT2D eigenvalue weighted by atomic mass is 10.3. The van der Waals surface area contributed by atoms with Gasteiger partial charge in [-0.3, -0.25) is 4.90 Å². The van der Waals surface area contributed by atoms with Gasteiger partial charge in [0, 0.05) is 37.2 Å². The van der Waals surface area contributed by atoms with Crippen LogP contribution in [0.4, 0.5) is 11.9 Å². The maximum absolute atomic E-state index is 5.80. The van der Waals surface area contributed by atoms with E-state index in [1.54, 1.807) is 0 Å². The maximum atomic E-state index is 5.80. The summed E-state index contributed by atoms with van der Waals surface area (Å²) in [7, 11) is 0. The summed E-state index contributed by atoms with van der Waals surface area (Å²) in [5, 5.41) is 6.82. The summed E-state index contributed by atoms with van der Waals surface area (Å²) >= 11 is 3.42. The second-order valence-corrected chi connectivity index (χ2v) is 6.42. The van der Waals surface area contributed by atoms with Gasteiger partial charge < -0.3 is 15.4 Å². The summed E-state index contributed by atoms with van der Waals surface area (Å²) in [5.74, 6) is 1.96. The van der Waals surface area contributed by atoms with Crippen LogP contribution in [0, 0.1) is 0 Å². The van der Waals surface area contributed by atoms with Crippen molar-refractivity contribution >= 4 is 27.8 Å². The first kappa shape index (κ1) is 16.1. The Morgan fingerprint density at radius 2 is 2.00 bits per heavy atom. The molecule has 0 amide bonds. The number of H-pyrrole nitrogens is 1. The van der Waals surface area contributed by atoms with Crippen molar-refractivity contribution in [3.63, 3.8) is 0 Å². The first-order valence-electron chi connectivity index (χ1n) is 7.74. The zero-order valence-electron chi connectivity index (χ0n) is 12.9. The van der Waals surface area contributed by atoms with Crippen molar-refractivity contribution in [1.29, 1.82) is 0 Å². The molecule has 0 atom stereocenters. The van der Waals surface area contributed by atoms with E-state index in [9.17, 15) is 0 Å². The maximum Gasteiger partial charge on any atom is 0.246 e. The number of anilines is 2. The number of benzene rings is 1. The monoisotopic (exact) mass is 380 g/mol. The average molecular weight is 381 g/mol. The minimum Gasteiger partial charge on any atom is -0.492 e. The third kappa shape index (κ3) is 4.59. The fourth-order valence-corrected chi connectivity index (χ4v) is 2.89. The van der Waals surface area contributed by atoms with Crippen molar-refractivity contribution in [2.45, 2.75) is 6.42 Å². The van der Waals surface area contributed by atoms with Crippen molar-refractivity contribution in [1.82, 2.24) is 20.1 Å². The van der Waals surface area contributed by atoms with Crippen LogP contribution < -0.4 is 15.4 Å². The molecule has 0 bridgehead atoms. The third-order valence-electron chi connectivity index (χ3n) is 3.85. The Morgan fingerprint density at radius 3 is 2.74 bits per heavy atom. The first-order valence-corrected chi connectivity index (χ1v) is 8.53. The van der Waals surface area contributed by atoms with Crippen LogP contribution in [0.1, 0.15) is 6.42 Å². The fourth-order valence-electron chi connectivity index (χ4n) is 2.62. The number of nitrogen functional groups attached to an aromatic ring is 1. The van der Waals surface area contributed by atoms with E-state index in [1.165, 1.54) is 0 Å². The van der Waals surface area contributed by atoms with Crippen LogP contribution >= 0.6 is 15.9 Å². The highest BCUT2D eigenvalue weighted by Crippen LogP contribution is 2.16. The zero-order valence-corrected chi connectivity index (χ0v) is 14.5. The summed E-state index contributed by atoms with van der Waals surface area (Å²) in [6.07, 6.45) is 1.08. The molecule has 1 saturated heterocycles. The number of ether oxygens (including phenoxy) is 1. The lowest BCUT2D eigenvalue weighted by Crippen LogP contribution is -2.33. The molecule has 3 rings (SSSR count). The van der Waals surface area contributed by atoms with E-state index in [0.717, 1.165) is 49.4 Å². The highest BCUT2D eigenvalue weighted by atomic mass is 79.9. The zero-order chi connectivity index (χ0) is 16.1. The largest absolute Gasteiger partial charge is 0.492 e. The number of nitrogens with one attached hydrogen (secondary N) is 1. The highest BCUT2D eigenvalue weighted by molar-refractivity contribution is 9.10. The summed E-state index contributed by atoms with van der Waals surface area (Å²) in [6, 6.07) is 7.92. The summed E-state index contributed by atoms with van der Waals surface area (Å²) in [5.41, 5.74) is 5.60. The van der Waals surface area contributed by atoms with Gasteiger partial charge in [0.1, 0.15) is 12.4 Å². The molecule has 8 heteroatoms. The molecule has 3 N–H and O–H groups in total. The van der Waals surface area contributed by atoms with Crippen LogP contribution in [0.3, 0.4) is 0 Å². The van der Waals surface area contributed by atoms with Gasteiger partial charge in [-0.1, -0.05) is 15.9 Å². The number of aromatic amines is 1. The predicted octanol–water partition coefficient (Wildman–Crippen LogP) is 1.74. The minimum absolute atomic E-state index is 0.365. The molecule has 0 aliphatic carbocycles. The van der Waals surface area contributed by atoms with Gasteiger partial charge in [-0.15, -0.1) is 5.10 Å². The summed E-state index contributed by atoms with van der Waals surface area (Å²) in [4.78, 5) is 8.78. The van der Waals surface area contributed by atoms with Crippen molar-refractivity contribution in [2.75, 3.05) is 50.0 Å². The molecular weight excluding hydrogens is 360 g/mol. The molecule has 23 heavy (non-hydrogen) atoms. The Labute approximate surface area is 143 Å². The fraction of sp³-hybridized carbons (Fsp3) is 0.467. The topological polar surface area (TPSA) is 83.3 Å². The van der Waals surface area contributed by atoms with E-state index in [4.69, 9.17) is 10.5 Å². The standard InChI is InChI=1S/C15H21BrN6O/c16-12-2-4-13(5-3-12)23-11-10-21-6-1-7-22(9-8-21)15-18-14(17)19-20-15/h2-5H,1,6-11H2,(H3,17,18,19,20). The molecule has 0 unspecified atom stereocenters. The number of hydrogen-bond donors (Lipinski definition) is 2. The van der Waals surface area contributed by atoms with Gasteiger partial charge in [0.25, 0.3) is 0 Å². The van der Waals surface area contributed by atoms with Crippen molar-refractivity contribution < 1.29 is 4.74 Å². The number of halogens is 1. The molecule has 1 fully saturated rings. The van der Waals surface area contributed by atoms with Gasteiger partial charge in [-0.2, -0.15) is 4.98 Å². The SMILES string of the molecule is Nc1nc(N2CCCN(CCOc3ccc(Br)cc3)CC2)n[nH]1. The minimum atomic E-state index is 0.365. The van der Waals surface area contributed by atoms with E-state index in [-0.39, 0.29) is 0 Å². The second kappa shape index (κ2) is 7.65. The molecule has 0 spiro atoms. The van der Waals surface area contributed by atoms with Gasteiger partial charge in [0.2, 0.25) is 11.9 Å². The normalized spacial score (nSPS) is 16.3. The van der Waals surface area contributed by atoms with Gasteiger partial charge in [0.05, 0.1) is 0 Å². The lowest BCUT2D eigenvalue weighted by molar-refractivity contribution is 0.218. The van der Waals surface area contributed by atoms with Gasteiger partial charge >= 0.3 is 0 Å². The van der Waals surface area contributed by atoms with Crippen molar-refractivity contribution in [3.05, 3.63) is 28.7 Å². The van der Waals surface area contributed by atoms with Crippen LogP contribution in [0.25, 0.3) is 0 Å². The van der Waals surface area contributed by atoms with E-state index in [2.05, 4.69) is 40.9 Å². The number of nitrogens with zero attached hydrogens (tertiary/aromatic N) is 4. The number of rotatable bonds is 5. The molecule has 2 aromatic rings. The van der Waals surface area contributed by atoms with E-state index >= 15 is 0 Å². The Hall–Kier alpha value is -1.80. The van der Waals surface area contributed by atoms with Crippen molar-refractivity contribution in [3.8, 4) is 5.75 Å². The van der Waals surface area contributed by atoms with Crippen molar-refractivity contribution in [2.24, 2.45) is 0 Å². The second-order valence-electron chi connectivity index (χ2n) is 5.51. The Morgan fingerprint density at radius 1 is 1.17 bits per heavy atom. The van der Waals surface area contributed by atoms with Gasteiger partial charge in [-0.25, -0.2) is 5.10 Å². The molecule has 0 saturated carbocycles. The molecule has 1 aliphatic rings. The summed E-state index contributed by atoms with van der Waals surface area (Å²) in [6.45, 7) is 5.48. The molecule has 1 aromatic heterocycles. The number of aromatic nitrogens is 3. The Bertz CT molecular complexity index is 617. The van der Waals surface area contributed by atoms with Gasteiger partial charge in [0.15, 0.2) is 0 Å².